The van der Waals surface area contributed by atoms with Gasteiger partial charge in [0, 0.05) is 40.9 Å². The average Bonchev–Trinajstić information content (AvgIpc) is 3.05. The van der Waals surface area contributed by atoms with Crippen LogP contribution in [0.1, 0.15) is 47.9 Å². The molecule has 46 heavy (non-hydrogen) atoms. The van der Waals surface area contributed by atoms with Gasteiger partial charge in [0.2, 0.25) is 0 Å². The third kappa shape index (κ3) is 8.86. The third-order valence-corrected chi connectivity index (χ3v) is 10.2. The van der Waals surface area contributed by atoms with Gasteiger partial charge in [0.15, 0.2) is 0 Å². The molecule has 0 aliphatic carbocycles. The van der Waals surface area contributed by atoms with Gasteiger partial charge in [-0.05, 0) is 105 Å². The van der Waals surface area contributed by atoms with Crippen LogP contribution in [-0.2, 0) is 0 Å². The lowest BCUT2D eigenvalue weighted by Crippen LogP contribution is -1.98. The molecule has 0 bridgehead atoms. The van der Waals surface area contributed by atoms with Crippen LogP contribution in [0.4, 0.5) is 0 Å². The lowest BCUT2D eigenvalue weighted by atomic mass is 9.89. The zero-order chi connectivity index (χ0) is 32.8. The van der Waals surface area contributed by atoms with Gasteiger partial charge in [-0.25, -0.2) is 0 Å². The molecule has 0 aromatic heterocycles. The molecule has 0 amide bonds. The maximum Gasteiger partial charge on any atom is 0.0423 e. The molecular weight excluding hydrogens is 782 g/mol. The molecule has 0 N–H and O–H groups in total. The first-order valence-corrected chi connectivity index (χ1v) is 17.8. The van der Waals surface area contributed by atoms with Gasteiger partial charge in [0.25, 0.3) is 0 Å². The summed E-state index contributed by atoms with van der Waals surface area (Å²) in [5.41, 5.74) is 9.59. The summed E-state index contributed by atoms with van der Waals surface area (Å²) in [5, 5.41) is 2.49. The van der Waals surface area contributed by atoms with Crippen molar-refractivity contribution < 1.29 is 0 Å². The van der Waals surface area contributed by atoms with Crippen molar-refractivity contribution in [2.45, 2.75) is 25.7 Å². The Bertz CT molecular complexity index is 1760. The molecule has 0 atom stereocenters. The van der Waals surface area contributed by atoms with E-state index in [4.69, 9.17) is 46.4 Å². The van der Waals surface area contributed by atoms with Crippen molar-refractivity contribution in [2.24, 2.45) is 0 Å². The molecule has 0 saturated carbocycles. The molecule has 0 aliphatic rings. The first-order chi connectivity index (χ1) is 22.1. The molecule has 232 valence electrons. The highest BCUT2D eigenvalue weighted by Crippen LogP contribution is 2.37. The second-order valence-electron chi connectivity index (χ2n) is 11.1. The zero-order valence-corrected chi connectivity index (χ0v) is 31.3. The number of hydrogen-bond donors (Lipinski definition) is 0. The first-order valence-electron chi connectivity index (χ1n) is 14.7. The first kappa shape index (κ1) is 34.8. The van der Waals surface area contributed by atoms with Gasteiger partial charge < -0.3 is 0 Å². The molecule has 0 unspecified atom stereocenters. The Morgan fingerprint density at radius 1 is 0.391 bits per heavy atom. The molecular formula is C40H30Br2Cl4. The van der Waals surface area contributed by atoms with Gasteiger partial charge >= 0.3 is 0 Å². The minimum Gasteiger partial charge on any atom is -0.0843 e. The van der Waals surface area contributed by atoms with E-state index in [1.807, 2.05) is 24.3 Å². The lowest BCUT2D eigenvalue weighted by Gasteiger charge is -2.17. The van der Waals surface area contributed by atoms with Gasteiger partial charge in [0.1, 0.15) is 0 Å². The Hall–Kier alpha value is -2.56. The van der Waals surface area contributed by atoms with Crippen molar-refractivity contribution in [3.05, 3.63) is 185 Å². The molecule has 0 saturated heterocycles. The Morgan fingerprint density at radius 2 is 0.717 bits per heavy atom. The Kier molecular flexibility index (Phi) is 12.1. The summed E-state index contributed by atoms with van der Waals surface area (Å²) in [7, 11) is 0. The van der Waals surface area contributed by atoms with Gasteiger partial charge in [-0.15, -0.1) is 0 Å². The van der Waals surface area contributed by atoms with Crippen LogP contribution in [0.5, 0.6) is 0 Å². The lowest BCUT2D eigenvalue weighted by molar-refractivity contribution is 0.922. The van der Waals surface area contributed by atoms with E-state index in [9.17, 15) is 0 Å². The Labute approximate surface area is 308 Å². The molecule has 6 aromatic rings. The van der Waals surface area contributed by atoms with Crippen molar-refractivity contribution in [3.8, 4) is 22.3 Å². The molecule has 6 heteroatoms. The highest BCUT2D eigenvalue weighted by Gasteiger charge is 2.15. The largest absolute Gasteiger partial charge is 0.0843 e. The fourth-order valence-corrected chi connectivity index (χ4v) is 7.37. The highest BCUT2D eigenvalue weighted by atomic mass is 79.9. The summed E-state index contributed by atoms with van der Waals surface area (Å²) in [6, 6.07) is 45.4. The Balaban J connectivity index is 0.000000200. The summed E-state index contributed by atoms with van der Waals surface area (Å²) < 4.78 is 2.24. The van der Waals surface area contributed by atoms with Gasteiger partial charge in [-0.1, -0.05) is 165 Å². The van der Waals surface area contributed by atoms with Crippen molar-refractivity contribution in [1.82, 2.24) is 0 Å². The average molecular weight is 812 g/mol. The molecule has 0 heterocycles. The molecule has 0 spiro atoms. The number of benzene rings is 6. The predicted molar refractivity (Wildman–Crippen MR) is 207 cm³/mol. The van der Waals surface area contributed by atoms with Gasteiger partial charge in [-0.2, -0.15) is 0 Å². The Morgan fingerprint density at radius 3 is 1.07 bits per heavy atom. The topological polar surface area (TPSA) is 0 Å². The number of halogens is 6. The van der Waals surface area contributed by atoms with Crippen molar-refractivity contribution >= 4 is 78.3 Å². The highest BCUT2D eigenvalue weighted by molar-refractivity contribution is 9.11. The summed E-state index contributed by atoms with van der Waals surface area (Å²) in [5.74, 6) is 0.420. The summed E-state index contributed by atoms with van der Waals surface area (Å²) in [4.78, 5) is 0. The number of rotatable bonds is 6. The van der Waals surface area contributed by atoms with Crippen molar-refractivity contribution in [2.75, 3.05) is 0 Å². The van der Waals surface area contributed by atoms with Crippen LogP contribution in [0.25, 0.3) is 22.3 Å². The summed E-state index contributed by atoms with van der Waals surface area (Å²) >= 11 is 31.5. The minimum atomic E-state index is 0.123. The van der Waals surface area contributed by atoms with Gasteiger partial charge in [-0.3, -0.25) is 0 Å². The van der Waals surface area contributed by atoms with E-state index in [2.05, 4.69) is 143 Å². The van der Waals surface area contributed by atoms with Crippen LogP contribution in [0, 0.1) is 0 Å². The van der Waals surface area contributed by atoms with E-state index < -0.39 is 0 Å². The standard InChI is InChI=1S/C26H20Br2.C14H10Cl4/c1-18(21-12-14-25(27)23(16-21)19-8-4-2-5-9-19)22-13-15-26(28)24(17-22)20-10-6-3-7-11-20;1-8(9-2-11(15)6-12(16)3-9)10-4-13(17)7-14(18)5-10/h2-18H,1H3;2-8H,1H3. The van der Waals surface area contributed by atoms with Crippen molar-refractivity contribution in [1.29, 1.82) is 0 Å². The maximum atomic E-state index is 6.01. The molecule has 0 fully saturated rings. The molecule has 0 radical (unpaired) electrons. The third-order valence-electron chi connectivity index (χ3n) is 7.92. The van der Waals surface area contributed by atoms with Gasteiger partial charge in [0.05, 0.1) is 0 Å². The molecule has 0 aliphatic heterocycles. The van der Waals surface area contributed by atoms with E-state index >= 15 is 0 Å². The normalized spacial score (nSPS) is 11.0. The molecule has 6 rings (SSSR count). The number of hydrogen-bond acceptors (Lipinski definition) is 0. The quantitative estimate of drug-likeness (QED) is 0.157. The van der Waals surface area contributed by atoms with Crippen LogP contribution >= 0.6 is 78.3 Å². The fraction of sp³-hybridized carbons (Fsp3) is 0.100. The summed E-state index contributed by atoms with van der Waals surface area (Å²) in [6.07, 6.45) is 0. The second kappa shape index (κ2) is 16.0. The van der Waals surface area contributed by atoms with E-state index in [0.717, 1.165) is 20.1 Å². The van der Waals surface area contributed by atoms with Crippen LogP contribution in [-0.4, -0.2) is 0 Å². The second-order valence-corrected chi connectivity index (χ2v) is 14.5. The minimum absolute atomic E-state index is 0.123. The predicted octanol–water partition coefficient (Wildman–Crippen LogP) is 15.1. The van der Waals surface area contributed by atoms with Crippen LogP contribution in [0.3, 0.4) is 0 Å². The smallest absolute Gasteiger partial charge is 0.0423 e. The van der Waals surface area contributed by atoms with Crippen LogP contribution in [0.2, 0.25) is 20.1 Å². The van der Waals surface area contributed by atoms with Crippen LogP contribution in [0.15, 0.2) is 142 Å². The maximum absolute atomic E-state index is 6.01. The SMILES string of the molecule is CC(c1cc(Cl)cc(Cl)c1)c1cc(Cl)cc(Cl)c1.CC(c1ccc(Br)c(-c2ccccc2)c1)c1ccc(Br)c(-c2ccccc2)c1. The zero-order valence-electron chi connectivity index (χ0n) is 25.1. The molecule has 6 aromatic carbocycles. The van der Waals surface area contributed by atoms with Crippen molar-refractivity contribution in [3.63, 3.8) is 0 Å². The van der Waals surface area contributed by atoms with Crippen LogP contribution < -0.4 is 0 Å². The fourth-order valence-electron chi connectivity index (χ4n) is 5.34. The monoisotopic (exact) mass is 808 g/mol. The van der Waals surface area contributed by atoms with E-state index in [-0.39, 0.29) is 5.92 Å². The van der Waals surface area contributed by atoms with E-state index in [1.54, 1.807) is 12.1 Å². The van der Waals surface area contributed by atoms with E-state index in [1.165, 1.54) is 33.4 Å². The van der Waals surface area contributed by atoms with E-state index in [0.29, 0.717) is 26.0 Å². The molecule has 0 nitrogen and oxygen atoms in total. The summed E-state index contributed by atoms with van der Waals surface area (Å²) in [6.45, 7) is 4.33.